The van der Waals surface area contributed by atoms with Crippen molar-refractivity contribution in [1.29, 1.82) is 0 Å². The minimum atomic E-state index is 0.0226. The molecule has 3 heteroatoms. The molecule has 2 rings (SSSR count). The average molecular weight is 293 g/mol. The number of aryl methyl sites for hydroxylation is 2. The molecule has 0 unspecified atom stereocenters. The van der Waals surface area contributed by atoms with Gasteiger partial charge in [-0.15, -0.1) is 0 Å². The van der Waals surface area contributed by atoms with E-state index in [9.17, 15) is 4.79 Å². The monoisotopic (exact) mass is 292 g/mol. The van der Waals surface area contributed by atoms with E-state index < -0.39 is 0 Å². The maximum atomic E-state index is 12.2. The maximum absolute atomic E-state index is 12.2. The average Bonchev–Trinajstić information content (AvgIpc) is 2.25. The molecule has 0 heterocycles. The first-order valence-electron chi connectivity index (χ1n) is 6.00. The SMILES string of the molecule is Cc1cc(C)cc(CC(=O)c2cc(Cl)cc(Cl)c2)c1. The Morgan fingerprint density at radius 1 is 0.895 bits per heavy atom. The molecule has 0 radical (unpaired) electrons. The van der Waals surface area contributed by atoms with Crippen molar-refractivity contribution in [3.63, 3.8) is 0 Å². The predicted octanol–water partition coefficient (Wildman–Crippen LogP) is 5.04. The molecular formula is C16H14Cl2O. The molecule has 0 N–H and O–H groups in total. The second-order valence-corrected chi connectivity index (χ2v) is 5.63. The third-order valence-electron chi connectivity index (χ3n) is 2.83. The van der Waals surface area contributed by atoms with Crippen LogP contribution in [0.15, 0.2) is 36.4 Å². The lowest BCUT2D eigenvalue weighted by Crippen LogP contribution is -2.04. The third kappa shape index (κ3) is 3.82. The van der Waals surface area contributed by atoms with Gasteiger partial charge in [0.25, 0.3) is 0 Å². The van der Waals surface area contributed by atoms with Gasteiger partial charge in [0.1, 0.15) is 0 Å². The number of rotatable bonds is 3. The van der Waals surface area contributed by atoms with Crippen molar-refractivity contribution in [2.45, 2.75) is 20.3 Å². The van der Waals surface area contributed by atoms with Crippen LogP contribution in [-0.4, -0.2) is 5.78 Å². The third-order valence-corrected chi connectivity index (χ3v) is 3.27. The van der Waals surface area contributed by atoms with Crippen LogP contribution in [0.5, 0.6) is 0 Å². The van der Waals surface area contributed by atoms with Crippen molar-refractivity contribution in [2.24, 2.45) is 0 Å². The summed E-state index contributed by atoms with van der Waals surface area (Å²) in [5.41, 5.74) is 3.88. The summed E-state index contributed by atoms with van der Waals surface area (Å²) in [6.07, 6.45) is 0.360. The zero-order chi connectivity index (χ0) is 14.0. The van der Waals surface area contributed by atoms with E-state index in [2.05, 4.69) is 6.07 Å². The zero-order valence-corrected chi connectivity index (χ0v) is 12.3. The van der Waals surface area contributed by atoms with Gasteiger partial charge in [-0.1, -0.05) is 52.5 Å². The van der Waals surface area contributed by atoms with Crippen LogP contribution in [0.3, 0.4) is 0 Å². The highest BCUT2D eigenvalue weighted by molar-refractivity contribution is 6.35. The first-order chi connectivity index (χ1) is 8.94. The summed E-state index contributed by atoms with van der Waals surface area (Å²) in [7, 11) is 0. The summed E-state index contributed by atoms with van der Waals surface area (Å²) in [6, 6.07) is 11.1. The quantitative estimate of drug-likeness (QED) is 0.725. The van der Waals surface area contributed by atoms with E-state index in [1.54, 1.807) is 18.2 Å². The van der Waals surface area contributed by atoms with Crippen molar-refractivity contribution in [2.75, 3.05) is 0 Å². The van der Waals surface area contributed by atoms with Gasteiger partial charge in [-0.2, -0.15) is 0 Å². The highest BCUT2D eigenvalue weighted by atomic mass is 35.5. The first-order valence-corrected chi connectivity index (χ1v) is 6.76. The standard InChI is InChI=1S/C16H14Cl2O/c1-10-3-11(2)5-12(4-10)6-16(19)13-7-14(17)9-15(18)8-13/h3-5,7-9H,6H2,1-2H3. The molecule has 0 fully saturated rings. The molecule has 2 aromatic rings. The molecule has 1 nitrogen and oxygen atoms in total. The fourth-order valence-electron chi connectivity index (χ4n) is 2.17. The molecule has 0 aliphatic carbocycles. The van der Waals surface area contributed by atoms with E-state index in [1.165, 1.54) is 0 Å². The minimum absolute atomic E-state index is 0.0226. The van der Waals surface area contributed by atoms with E-state index in [1.807, 2.05) is 26.0 Å². The van der Waals surface area contributed by atoms with Crippen LogP contribution in [0.2, 0.25) is 10.0 Å². The lowest BCUT2D eigenvalue weighted by molar-refractivity contribution is 0.0993. The van der Waals surface area contributed by atoms with Crippen molar-refractivity contribution in [3.05, 3.63) is 68.7 Å². The number of carbonyl (C=O) groups excluding carboxylic acids is 1. The van der Waals surface area contributed by atoms with Crippen LogP contribution in [0.4, 0.5) is 0 Å². The van der Waals surface area contributed by atoms with Gasteiger partial charge in [0.15, 0.2) is 5.78 Å². The van der Waals surface area contributed by atoms with Crippen LogP contribution in [0.25, 0.3) is 0 Å². The number of Topliss-reactive ketones (excluding diaryl/α,β-unsaturated/α-hetero) is 1. The number of halogens is 2. The largest absolute Gasteiger partial charge is 0.294 e. The fourth-order valence-corrected chi connectivity index (χ4v) is 2.70. The topological polar surface area (TPSA) is 17.1 Å². The van der Waals surface area contributed by atoms with Crippen molar-refractivity contribution in [1.82, 2.24) is 0 Å². The first kappa shape index (κ1) is 14.1. The van der Waals surface area contributed by atoms with Crippen LogP contribution in [-0.2, 0) is 6.42 Å². The second kappa shape index (κ2) is 5.77. The second-order valence-electron chi connectivity index (χ2n) is 4.75. The highest BCUT2D eigenvalue weighted by Gasteiger charge is 2.09. The lowest BCUT2D eigenvalue weighted by atomic mass is 10.00. The smallest absolute Gasteiger partial charge is 0.167 e. The molecule has 0 amide bonds. The molecule has 0 aliphatic heterocycles. The maximum Gasteiger partial charge on any atom is 0.167 e. The Hall–Kier alpha value is -1.31. The molecule has 0 aliphatic rings. The van der Waals surface area contributed by atoms with Crippen LogP contribution < -0.4 is 0 Å². The molecule has 0 saturated carbocycles. The highest BCUT2D eigenvalue weighted by Crippen LogP contribution is 2.20. The normalized spacial score (nSPS) is 10.5. The molecule has 0 bridgehead atoms. The summed E-state index contributed by atoms with van der Waals surface area (Å²) >= 11 is 11.8. The summed E-state index contributed by atoms with van der Waals surface area (Å²) < 4.78 is 0. The number of hydrogen-bond donors (Lipinski definition) is 0. The summed E-state index contributed by atoms with van der Waals surface area (Å²) in [5, 5.41) is 0.965. The van der Waals surface area contributed by atoms with Gasteiger partial charge in [-0.25, -0.2) is 0 Å². The van der Waals surface area contributed by atoms with E-state index >= 15 is 0 Å². The Morgan fingerprint density at radius 3 is 1.95 bits per heavy atom. The molecule has 98 valence electrons. The Balaban J connectivity index is 2.25. The Morgan fingerprint density at radius 2 is 1.42 bits per heavy atom. The lowest BCUT2D eigenvalue weighted by Gasteiger charge is -2.06. The summed E-state index contributed by atoms with van der Waals surface area (Å²) in [4.78, 5) is 12.2. The van der Waals surface area contributed by atoms with Crippen molar-refractivity contribution >= 4 is 29.0 Å². The molecule has 2 aromatic carbocycles. The Labute approximate surface area is 123 Å². The van der Waals surface area contributed by atoms with Crippen LogP contribution >= 0.6 is 23.2 Å². The van der Waals surface area contributed by atoms with E-state index in [4.69, 9.17) is 23.2 Å². The van der Waals surface area contributed by atoms with Gasteiger partial charge in [0.2, 0.25) is 0 Å². The fraction of sp³-hybridized carbons (Fsp3) is 0.188. The molecular weight excluding hydrogens is 279 g/mol. The number of carbonyl (C=O) groups is 1. The van der Waals surface area contributed by atoms with Gasteiger partial charge in [-0.3, -0.25) is 4.79 Å². The predicted molar refractivity (Wildman–Crippen MR) is 80.4 cm³/mol. The molecule has 0 spiro atoms. The van der Waals surface area contributed by atoms with Gasteiger partial charge in [0.05, 0.1) is 0 Å². The minimum Gasteiger partial charge on any atom is -0.294 e. The summed E-state index contributed by atoms with van der Waals surface area (Å²) in [6.45, 7) is 4.05. The Bertz CT molecular complexity index is 592. The van der Waals surface area contributed by atoms with Crippen LogP contribution in [0, 0.1) is 13.8 Å². The number of benzene rings is 2. The van der Waals surface area contributed by atoms with Crippen LogP contribution in [0.1, 0.15) is 27.0 Å². The molecule has 19 heavy (non-hydrogen) atoms. The number of ketones is 1. The molecule has 0 atom stereocenters. The Kier molecular flexibility index (Phi) is 4.28. The van der Waals surface area contributed by atoms with Crippen molar-refractivity contribution < 1.29 is 4.79 Å². The van der Waals surface area contributed by atoms with E-state index in [-0.39, 0.29) is 5.78 Å². The zero-order valence-electron chi connectivity index (χ0n) is 10.8. The van der Waals surface area contributed by atoms with Gasteiger partial charge >= 0.3 is 0 Å². The molecule has 0 saturated heterocycles. The summed E-state index contributed by atoms with van der Waals surface area (Å²) in [5.74, 6) is 0.0226. The van der Waals surface area contributed by atoms with Gasteiger partial charge in [0, 0.05) is 22.0 Å². The van der Waals surface area contributed by atoms with Gasteiger partial charge < -0.3 is 0 Å². The van der Waals surface area contributed by atoms with E-state index in [0.29, 0.717) is 22.0 Å². The van der Waals surface area contributed by atoms with E-state index in [0.717, 1.165) is 16.7 Å². The molecule has 0 aromatic heterocycles. The number of hydrogen-bond acceptors (Lipinski definition) is 1. The van der Waals surface area contributed by atoms with Gasteiger partial charge in [-0.05, 0) is 37.6 Å². The van der Waals surface area contributed by atoms with Crippen molar-refractivity contribution in [3.8, 4) is 0 Å².